The van der Waals surface area contributed by atoms with Crippen LogP contribution in [-0.2, 0) is 14.4 Å². The van der Waals surface area contributed by atoms with E-state index in [-0.39, 0.29) is 36.1 Å². The van der Waals surface area contributed by atoms with Crippen molar-refractivity contribution in [2.75, 3.05) is 18.8 Å². The number of hydrogen-bond acceptors (Lipinski definition) is 10. The number of carbonyl (C=O) groups is 4. The number of fused-ring (bicyclic) bond motifs is 1. The highest BCUT2D eigenvalue weighted by molar-refractivity contribution is 6.04. The summed E-state index contributed by atoms with van der Waals surface area (Å²) in [6.07, 6.45) is 2.89. The van der Waals surface area contributed by atoms with Crippen molar-refractivity contribution < 1.29 is 23.6 Å². The minimum atomic E-state index is -1.04. The summed E-state index contributed by atoms with van der Waals surface area (Å²) < 4.78 is 5.28. The van der Waals surface area contributed by atoms with Gasteiger partial charge in [0.25, 0.3) is 0 Å². The molecule has 40 heavy (non-hydrogen) atoms. The molecule has 0 saturated carbocycles. The summed E-state index contributed by atoms with van der Waals surface area (Å²) in [6, 6.07) is 1.71. The zero-order valence-electron chi connectivity index (χ0n) is 22.9. The molecule has 12 N–H and O–H groups in total. The lowest BCUT2D eigenvalue weighted by molar-refractivity contribution is -0.130. The van der Waals surface area contributed by atoms with E-state index in [0.717, 1.165) is 0 Å². The van der Waals surface area contributed by atoms with Crippen LogP contribution in [0.25, 0.3) is 11.0 Å². The van der Waals surface area contributed by atoms with Gasteiger partial charge in [-0.1, -0.05) is 12.1 Å². The number of nitrogen functional groups attached to an aromatic ring is 1. The Morgan fingerprint density at radius 2 is 1.50 bits per heavy atom. The van der Waals surface area contributed by atoms with Crippen molar-refractivity contribution in [2.24, 2.45) is 22.9 Å². The maximum Gasteiger partial charge on any atom is 0.359 e. The number of nitrogens with two attached hydrogens (primary N) is 5. The molecule has 0 fully saturated rings. The van der Waals surface area contributed by atoms with Crippen molar-refractivity contribution in [3.05, 3.63) is 39.7 Å². The highest BCUT2D eigenvalue weighted by Gasteiger charge is 2.28. The van der Waals surface area contributed by atoms with Crippen molar-refractivity contribution in [3.8, 4) is 0 Å². The molecular weight excluding hydrogens is 518 g/mol. The molecule has 220 valence electrons. The van der Waals surface area contributed by atoms with Crippen LogP contribution in [0, 0.1) is 6.92 Å². The highest BCUT2D eigenvalue weighted by atomic mass is 16.4. The van der Waals surface area contributed by atoms with Gasteiger partial charge in [0.1, 0.15) is 17.3 Å². The number of hydrogen-bond donors (Lipinski definition) is 7. The van der Waals surface area contributed by atoms with Gasteiger partial charge in [-0.25, -0.2) is 4.79 Å². The lowest BCUT2D eigenvalue weighted by atomic mass is 9.97. The number of unbranched alkanes of at least 4 members (excludes halogenated alkanes) is 2. The van der Waals surface area contributed by atoms with Gasteiger partial charge in [0.05, 0.1) is 12.1 Å². The third-order valence-electron chi connectivity index (χ3n) is 6.70. The highest BCUT2D eigenvalue weighted by Crippen LogP contribution is 2.23. The molecular formula is C27H41N7O6. The summed E-state index contributed by atoms with van der Waals surface area (Å²) in [5.41, 5.74) is 28.3. The monoisotopic (exact) mass is 559 g/mol. The predicted octanol–water partition coefficient (Wildman–Crippen LogP) is -0.313. The number of aryl methyl sites for hydroxylation is 1. The lowest BCUT2D eigenvalue weighted by Gasteiger charge is -2.24. The molecule has 0 unspecified atom stereocenters. The fourth-order valence-electron chi connectivity index (χ4n) is 4.23. The molecule has 0 bridgehead atoms. The normalized spacial score (nSPS) is 13.4. The molecule has 0 aliphatic heterocycles. The average Bonchev–Trinajstić information content (AvgIpc) is 2.92. The quantitative estimate of drug-likeness (QED) is 0.0755. The fourth-order valence-corrected chi connectivity index (χ4v) is 4.23. The predicted molar refractivity (Wildman–Crippen MR) is 152 cm³/mol. The van der Waals surface area contributed by atoms with Crippen LogP contribution in [0.4, 0.5) is 5.69 Å². The first-order valence-electron chi connectivity index (χ1n) is 13.4. The SMILES string of the molecule is Cc1c(N)c(=O)oc2cc(C(=O)[C@H](CCCCN)NC(=O)[C@H](CCCCN)NC(=O)[C@@H](N)CCC(N)=O)ccc12. The summed E-state index contributed by atoms with van der Waals surface area (Å²) in [6.45, 7) is 2.51. The van der Waals surface area contributed by atoms with Crippen molar-refractivity contribution in [3.63, 3.8) is 0 Å². The van der Waals surface area contributed by atoms with E-state index < -0.39 is 47.3 Å². The maximum atomic E-state index is 13.6. The van der Waals surface area contributed by atoms with Crippen molar-refractivity contribution in [1.29, 1.82) is 0 Å². The lowest BCUT2D eigenvalue weighted by Crippen LogP contribution is -2.54. The number of carbonyl (C=O) groups excluding carboxylic acids is 4. The molecule has 1 aromatic heterocycles. The van der Waals surface area contributed by atoms with E-state index in [2.05, 4.69) is 10.6 Å². The van der Waals surface area contributed by atoms with Gasteiger partial charge in [0, 0.05) is 17.4 Å². The Balaban J connectivity index is 2.29. The summed E-state index contributed by atoms with van der Waals surface area (Å²) in [4.78, 5) is 62.7. The first kappa shape index (κ1) is 32.4. The third kappa shape index (κ3) is 9.14. The van der Waals surface area contributed by atoms with E-state index in [0.29, 0.717) is 56.1 Å². The summed E-state index contributed by atoms with van der Waals surface area (Å²) >= 11 is 0. The van der Waals surface area contributed by atoms with E-state index in [4.69, 9.17) is 33.1 Å². The zero-order chi connectivity index (χ0) is 29.8. The number of nitrogens with one attached hydrogen (secondary N) is 2. The van der Waals surface area contributed by atoms with Crippen LogP contribution < -0.4 is 44.9 Å². The number of primary amides is 1. The van der Waals surface area contributed by atoms with Crippen molar-refractivity contribution in [1.82, 2.24) is 10.6 Å². The topological polar surface area (TPSA) is 253 Å². The van der Waals surface area contributed by atoms with Gasteiger partial charge < -0.3 is 43.7 Å². The second-order valence-electron chi connectivity index (χ2n) is 9.81. The van der Waals surface area contributed by atoms with E-state index >= 15 is 0 Å². The van der Waals surface area contributed by atoms with Gasteiger partial charge in [-0.05, 0) is 76.6 Å². The first-order valence-corrected chi connectivity index (χ1v) is 13.4. The van der Waals surface area contributed by atoms with Gasteiger partial charge >= 0.3 is 5.63 Å². The molecule has 13 nitrogen and oxygen atoms in total. The number of benzene rings is 1. The smallest absolute Gasteiger partial charge is 0.359 e. The van der Waals surface area contributed by atoms with E-state index in [9.17, 15) is 24.0 Å². The molecule has 1 aromatic carbocycles. The number of amides is 3. The van der Waals surface area contributed by atoms with Crippen LogP contribution >= 0.6 is 0 Å². The fraction of sp³-hybridized carbons (Fsp3) is 0.519. The summed E-state index contributed by atoms with van der Waals surface area (Å²) in [5, 5.41) is 5.99. The molecule has 0 radical (unpaired) electrons. The van der Waals surface area contributed by atoms with Crippen LogP contribution in [0.3, 0.4) is 0 Å². The molecule has 0 aliphatic carbocycles. The number of ketones is 1. The van der Waals surface area contributed by atoms with Crippen molar-refractivity contribution in [2.45, 2.75) is 76.4 Å². The average molecular weight is 560 g/mol. The summed E-state index contributed by atoms with van der Waals surface area (Å²) in [5.74, 6) is -2.16. The maximum absolute atomic E-state index is 13.6. The van der Waals surface area contributed by atoms with Crippen LogP contribution in [0.15, 0.2) is 27.4 Å². The Kier molecular flexibility index (Phi) is 12.7. The molecule has 2 rings (SSSR count). The zero-order valence-corrected chi connectivity index (χ0v) is 22.9. The molecule has 3 amide bonds. The minimum Gasteiger partial charge on any atom is -0.421 e. The molecule has 1 heterocycles. The first-order chi connectivity index (χ1) is 19.0. The number of anilines is 1. The number of rotatable bonds is 17. The standard InChI is InChI=1S/C27H41N7O6/c1-15-17-9-8-16(14-21(17)40-27(39)23(15)32)24(36)19(6-2-4-12-28)33-26(38)20(7-3-5-13-29)34-25(37)18(30)10-11-22(31)35/h8-9,14,18-20H,2-7,10-13,28-30,32H2,1H3,(H2,31,35)(H,33,38)(H,34,37)/t18-,19-,20-/m0/s1. The third-order valence-corrected chi connectivity index (χ3v) is 6.70. The Hall–Kier alpha value is -3.81. The molecule has 3 atom stereocenters. The summed E-state index contributed by atoms with van der Waals surface area (Å²) in [7, 11) is 0. The molecule has 0 saturated heterocycles. The number of Topliss-reactive ketones (excluding diaryl/α,β-unsaturated/α-hetero) is 1. The largest absolute Gasteiger partial charge is 0.421 e. The van der Waals surface area contributed by atoms with Crippen LogP contribution in [0.1, 0.15) is 67.3 Å². The van der Waals surface area contributed by atoms with Gasteiger partial charge in [0.2, 0.25) is 17.7 Å². The molecule has 13 heteroatoms. The second-order valence-corrected chi connectivity index (χ2v) is 9.81. The van der Waals surface area contributed by atoms with Gasteiger partial charge in [-0.2, -0.15) is 0 Å². The van der Waals surface area contributed by atoms with Crippen LogP contribution in [0.5, 0.6) is 0 Å². The Labute approximate surface area is 232 Å². The van der Waals surface area contributed by atoms with Gasteiger partial charge in [-0.3, -0.25) is 19.2 Å². The van der Waals surface area contributed by atoms with E-state index in [1.165, 1.54) is 6.07 Å². The Morgan fingerprint density at radius 3 is 2.10 bits per heavy atom. The molecule has 0 spiro atoms. The second kappa shape index (κ2) is 15.7. The Morgan fingerprint density at radius 1 is 0.900 bits per heavy atom. The minimum absolute atomic E-state index is 0.00410. The van der Waals surface area contributed by atoms with E-state index in [1.807, 2.05) is 0 Å². The van der Waals surface area contributed by atoms with Crippen LogP contribution in [0.2, 0.25) is 0 Å². The van der Waals surface area contributed by atoms with Gasteiger partial charge in [-0.15, -0.1) is 0 Å². The van der Waals surface area contributed by atoms with Gasteiger partial charge in [0.15, 0.2) is 5.78 Å². The van der Waals surface area contributed by atoms with Crippen LogP contribution in [-0.4, -0.2) is 54.7 Å². The van der Waals surface area contributed by atoms with Crippen molar-refractivity contribution >= 4 is 40.2 Å². The molecule has 2 aromatic rings. The van der Waals surface area contributed by atoms with E-state index in [1.54, 1.807) is 19.1 Å². The molecule has 0 aliphatic rings. The Bertz CT molecular complexity index is 1260.